The third kappa shape index (κ3) is 1.96. The smallest absolute Gasteiger partial charge is 0.184 e. The first kappa shape index (κ1) is 10.4. The van der Waals surface area contributed by atoms with E-state index in [1.54, 1.807) is 0 Å². The van der Waals surface area contributed by atoms with Gasteiger partial charge in [0.25, 0.3) is 0 Å². The van der Waals surface area contributed by atoms with Crippen LogP contribution in [0.15, 0.2) is 16.6 Å². The van der Waals surface area contributed by atoms with Crippen LogP contribution in [0.25, 0.3) is 0 Å². The summed E-state index contributed by atoms with van der Waals surface area (Å²) < 4.78 is 11.7. The van der Waals surface area contributed by atoms with Gasteiger partial charge < -0.3 is 9.47 Å². The molecule has 1 aliphatic heterocycles. The van der Waals surface area contributed by atoms with Gasteiger partial charge in [-0.1, -0.05) is 11.6 Å². The number of halogens is 2. The van der Waals surface area contributed by atoms with E-state index in [2.05, 4.69) is 15.9 Å². The first-order chi connectivity index (χ1) is 6.68. The van der Waals surface area contributed by atoms with Crippen LogP contribution in [0.2, 0.25) is 5.02 Å². The van der Waals surface area contributed by atoms with Gasteiger partial charge in [-0.3, -0.25) is 0 Å². The fraction of sp³-hybridized carbons (Fsp3) is 0.400. The lowest BCUT2D eigenvalue weighted by Gasteiger charge is -2.13. The highest BCUT2D eigenvalue weighted by Crippen LogP contribution is 2.32. The molecule has 0 spiro atoms. The van der Waals surface area contributed by atoms with Crippen LogP contribution < -0.4 is 0 Å². The van der Waals surface area contributed by atoms with Crippen molar-refractivity contribution >= 4 is 27.5 Å². The molecule has 1 aromatic carbocycles. The van der Waals surface area contributed by atoms with Crippen LogP contribution in [0.4, 0.5) is 0 Å². The van der Waals surface area contributed by atoms with Crippen LogP contribution in [-0.2, 0) is 9.47 Å². The van der Waals surface area contributed by atoms with Gasteiger partial charge in [0.2, 0.25) is 0 Å². The number of ether oxygens (including phenoxy) is 2. The van der Waals surface area contributed by atoms with E-state index in [1.807, 2.05) is 19.1 Å². The molecule has 76 valence electrons. The van der Waals surface area contributed by atoms with Crippen LogP contribution in [0.3, 0.4) is 0 Å². The van der Waals surface area contributed by atoms with Gasteiger partial charge in [-0.2, -0.15) is 0 Å². The molecule has 0 atom stereocenters. The molecule has 2 nitrogen and oxygen atoms in total. The Morgan fingerprint density at radius 2 is 2.00 bits per heavy atom. The quantitative estimate of drug-likeness (QED) is 0.783. The van der Waals surface area contributed by atoms with Gasteiger partial charge in [0.15, 0.2) is 6.29 Å². The topological polar surface area (TPSA) is 18.5 Å². The van der Waals surface area contributed by atoms with Gasteiger partial charge in [0.05, 0.1) is 18.2 Å². The molecule has 1 aromatic rings. The molecular formula is C10H10BrClO2. The number of benzene rings is 1. The van der Waals surface area contributed by atoms with E-state index in [9.17, 15) is 0 Å². The predicted octanol–water partition coefficient (Wildman–Crippen LogP) is 3.46. The standard InChI is InChI=1S/C10H10BrClO2/c1-6-4-8(11)9(12)5-7(6)10-13-2-3-14-10/h4-5,10H,2-3H2,1H3. The van der Waals surface area contributed by atoms with Gasteiger partial charge in [0.1, 0.15) is 0 Å². The van der Waals surface area contributed by atoms with Gasteiger partial charge in [-0.25, -0.2) is 0 Å². The number of hydrogen-bond donors (Lipinski definition) is 0. The van der Waals surface area contributed by atoms with Crippen molar-refractivity contribution in [2.75, 3.05) is 13.2 Å². The first-order valence-electron chi connectivity index (χ1n) is 4.37. The maximum Gasteiger partial charge on any atom is 0.184 e. The summed E-state index contributed by atoms with van der Waals surface area (Å²) in [5.74, 6) is 0. The fourth-order valence-electron chi connectivity index (χ4n) is 1.45. The molecule has 4 heteroatoms. The maximum absolute atomic E-state index is 6.01. The Morgan fingerprint density at radius 3 is 2.64 bits per heavy atom. The van der Waals surface area contributed by atoms with Crippen molar-refractivity contribution in [2.24, 2.45) is 0 Å². The zero-order valence-corrected chi connectivity index (χ0v) is 10.1. The molecule has 0 saturated carbocycles. The lowest BCUT2D eigenvalue weighted by molar-refractivity contribution is -0.0445. The molecule has 14 heavy (non-hydrogen) atoms. The summed E-state index contributed by atoms with van der Waals surface area (Å²) in [5.41, 5.74) is 2.13. The zero-order chi connectivity index (χ0) is 10.1. The van der Waals surface area contributed by atoms with E-state index in [-0.39, 0.29) is 6.29 Å². The van der Waals surface area contributed by atoms with Crippen LogP contribution in [0.1, 0.15) is 17.4 Å². The van der Waals surface area contributed by atoms with Gasteiger partial charge in [-0.15, -0.1) is 0 Å². The Kier molecular flexibility index (Phi) is 3.12. The van der Waals surface area contributed by atoms with Gasteiger partial charge in [0, 0.05) is 10.0 Å². The van der Waals surface area contributed by atoms with Crippen molar-refractivity contribution in [3.05, 3.63) is 32.8 Å². The fourth-order valence-corrected chi connectivity index (χ4v) is 2.08. The Hall–Kier alpha value is -0.0900. The van der Waals surface area contributed by atoms with E-state index in [0.29, 0.717) is 18.2 Å². The molecule has 1 aliphatic rings. The van der Waals surface area contributed by atoms with Crippen LogP contribution >= 0.6 is 27.5 Å². The average molecular weight is 278 g/mol. The van der Waals surface area contributed by atoms with Crippen molar-refractivity contribution in [1.82, 2.24) is 0 Å². The van der Waals surface area contributed by atoms with Gasteiger partial charge >= 0.3 is 0 Å². The largest absolute Gasteiger partial charge is 0.346 e. The van der Waals surface area contributed by atoms with E-state index in [0.717, 1.165) is 15.6 Å². The van der Waals surface area contributed by atoms with E-state index < -0.39 is 0 Å². The van der Waals surface area contributed by atoms with E-state index >= 15 is 0 Å². The van der Waals surface area contributed by atoms with Crippen molar-refractivity contribution in [1.29, 1.82) is 0 Å². The lowest BCUT2D eigenvalue weighted by atomic mass is 10.1. The Bertz CT molecular complexity index is 348. The second-order valence-corrected chi connectivity index (χ2v) is 4.46. The second-order valence-electron chi connectivity index (χ2n) is 3.20. The minimum atomic E-state index is -0.249. The highest BCUT2D eigenvalue weighted by Gasteiger charge is 2.20. The summed E-state index contributed by atoms with van der Waals surface area (Å²) in [5, 5.41) is 0.685. The minimum Gasteiger partial charge on any atom is -0.346 e. The van der Waals surface area contributed by atoms with Crippen LogP contribution in [0, 0.1) is 6.92 Å². The van der Waals surface area contributed by atoms with Crippen molar-refractivity contribution < 1.29 is 9.47 Å². The van der Waals surface area contributed by atoms with Crippen LogP contribution in [-0.4, -0.2) is 13.2 Å². The molecule has 0 aromatic heterocycles. The first-order valence-corrected chi connectivity index (χ1v) is 5.54. The molecule has 1 saturated heterocycles. The zero-order valence-electron chi connectivity index (χ0n) is 7.72. The van der Waals surface area contributed by atoms with Crippen molar-refractivity contribution in [3.63, 3.8) is 0 Å². The second kappa shape index (κ2) is 4.19. The molecule has 1 heterocycles. The molecule has 0 bridgehead atoms. The Labute approximate surface area is 96.3 Å². The highest BCUT2D eigenvalue weighted by molar-refractivity contribution is 9.10. The summed E-state index contributed by atoms with van der Waals surface area (Å²) in [6.45, 7) is 3.32. The summed E-state index contributed by atoms with van der Waals surface area (Å²) >= 11 is 9.38. The lowest BCUT2D eigenvalue weighted by Crippen LogP contribution is -2.00. The van der Waals surface area contributed by atoms with E-state index in [1.165, 1.54) is 0 Å². The highest BCUT2D eigenvalue weighted by atomic mass is 79.9. The molecular weight excluding hydrogens is 267 g/mol. The molecule has 0 amide bonds. The van der Waals surface area contributed by atoms with Crippen molar-refractivity contribution in [2.45, 2.75) is 13.2 Å². The number of hydrogen-bond acceptors (Lipinski definition) is 2. The van der Waals surface area contributed by atoms with Crippen molar-refractivity contribution in [3.8, 4) is 0 Å². The average Bonchev–Trinajstić information content (AvgIpc) is 2.64. The summed E-state index contributed by atoms with van der Waals surface area (Å²) in [4.78, 5) is 0. The summed E-state index contributed by atoms with van der Waals surface area (Å²) in [6, 6.07) is 3.86. The monoisotopic (exact) mass is 276 g/mol. The summed E-state index contributed by atoms with van der Waals surface area (Å²) in [6.07, 6.45) is -0.249. The molecule has 1 fully saturated rings. The maximum atomic E-state index is 6.01. The van der Waals surface area contributed by atoms with Crippen LogP contribution in [0.5, 0.6) is 0 Å². The predicted molar refractivity (Wildman–Crippen MR) is 58.5 cm³/mol. The number of aryl methyl sites for hydroxylation is 1. The Balaban J connectivity index is 2.37. The SMILES string of the molecule is Cc1cc(Br)c(Cl)cc1C1OCCO1. The third-order valence-corrected chi connectivity index (χ3v) is 3.38. The number of rotatable bonds is 1. The minimum absolute atomic E-state index is 0.249. The van der Waals surface area contributed by atoms with E-state index in [4.69, 9.17) is 21.1 Å². The molecule has 0 unspecified atom stereocenters. The van der Waals surface area contributed by atoms with Gasteiger partial charge in [-0.05, 0) is 40.5 Å². The molecule has 0 aliphatic carbocycles. The Morgan fingerprint density at radius 1 is 1.36 bits per heavy atom. The third-order valence-electron chi connectivity index (χ3n) is 2.18. The summed E-state index contributed by atoms with van der Waals surface area (Å²) in [7, 11) is 0. The normalized spacial score (nSPS) is 17.6. The molecule has 0 N–H and O–H groups in total. The molecule has 0 radical (unpaired) electrons. The molecule has 2 rings (SSSR count).